The molecule has 0 N–H and O–H groups in total. The molecule has 2 heterocycles. The molecule has 10 heteroatoms. The zero-order chi connectivity index (χ0) is 19.8. The van der Waals surface area contributed by atoms with Crippen LogP contribution in [0, 0.1) is 5.41 Å². The van der Waals surface area contributed by atoms with Gasteiger partial charge in [0.1, 0.15) is 0 Å². The second-order valence-corrected chi connectivity index (χ2v) is 6.91. The van der Waals surface area contributed by atoms with Gasteiger partial charge in [0.25, 0.3) is 0 Å². The van der Waals surface area contributed by atoms with Crippen LogP contribution in [-0.2, 0) is 9.53 Å². The van der Waals surface area contributed by atoms with Gasteiger partial charge in [-0.05, 0) is 19.3 Å². The van der Waals surface area contributed by atoms with Gasteiger partial charge in [0.15, 0.2) is 5.41 Å². The quantitative estimate of drug-likeness (QED) is 0.691. The number of carbonyl (C=O) groups excluding carboxylic acids is 1. The molecule has 0 spiro atoms. The van der Waals surface area contributed by atoms with Crippen molar-refractivity contribution in [2.24, 2.45) is 5.41 Å². The first kappa shape index (κ1) is 21.3. The molecule has 0 unspecified atom stereocenters. The summed E-state index contributed by atoms with van der Waals surface area (Å²) in [7, 11) is 0. The van der Waals surface area contributed by atoms with Gasteiger partial charge in [-0.2, -0.15) is 26.3 Å². The molecule has 0 aromatic heterocycles. The lowest BCUT2D eigenvalue weighted by atomic mass is 9.85. The highest BCUT2D eigenvalue weighted by Crippen LogP contribution is 2.55. The fourth-order valence-corrected chi connectivity index (χ4v) is 3.69. The van der Waals surface area contributed by atoms with Gasteiger partial charge >= 0.3 is 12.4 Å². The van der Waals surface area contributed by atoms with E-state index in [2.05, 4.69) is 0 Å². The molecule has 4 nitrogen and oxygen atoms in total. The van der Waals surface area contributed by atoms with Gasteiger partial charge in [-0.25, -0.2) is 0 Å². The Morgan fingerprint density at radius 2 is 1.77 bits per heavy atom. The second kappa shape index (κ2) is 7.53. The summed E-state index contributed by atoms with van der Waals surface area (Å²) in [6.07, 6.45) is -11.1. The van der Waals surface area contributed by atoms with Crippen LogP contribution < -0.4 is 0 Å². The van der Waals surface area contributed by atoms with Gasteiger partial charge in [0.2, 0.25) is 5.91 Å². The summed E-state index contributed by atoms with van der Waals surface area (Å²) in [5.41, 5.74) is -3.84. The van der Waals surface area contributed by atoms with Crippen molar-refractivity contribution < 1.29 is 35.9 Å². The van der Waals surface area contributed by atoms with E-state index in [1.165, 1.54) is 0 Å². The first-order valence-electron chi connectivity index (χ1n) is 8.74. The third kappa shape index (κ3) is 3.81. The lowest BCUT2D eigenvalue weighted by Crippen LogP contribution is -2.56. The molecule has 26 heavy (non-hydrogen) atoms. The Balaban J connectivity index is 2.16. The maximum absolute atomic E-state index is 13.2. The van der Waals surface area contributed by atoms with E-state index < -0.39 is 49.2 Å². The Kier molecular flexibility index (Phi) is 6.16. The number of halogens is 6. The summed E-state index contributed by atoms with van der Waals surface area (Å²) in [6, 6.07) is -0.731. The van der Waals surface area contributed by atoms with E-state index in [-0.39, 0.29) is 6.10 Å². The molecular formula is C16H24F6N2O2. The molecule has 2 aliphatic heterocycles. The molecule has 0 aromatic rings. The average Bonchev–Trinajstić information content (AvgIpc) is 3.02. The van der Waals surface area contributed by atoms with Gasteiger partial charge in [0.05, 0.1) is 18.8 Å². The molecular weight excluding hydrogens is 366 g/mol. The summed E-state index contributed by atoms with van der Waals surface area (Å²) in [5, 5.41) is 0. The molecule has 2 saturated heterocycles. The Bertz CT molecular complexity index is 494. The summed E-state index contributed by atoms with van der Waals surface area (Å²) in [5.74, 6) is -0.667. The predicted octanol–water partition coefficient (Wildman–Crippen LogP) is 3.22. The number of likely N-dealkylation sites (tertiary alicyclic amines) is 1. The van der Waals surface area contributed by atoms with E-state index in [1.54, 1.807) is 11.8 Å². The van der Waals surface area contributed by atoms with Crippen LogP contribution in [0.2, 0.25) is 0 Å². The Morgan fingerprint density at radius 1 is 1.15 bits per heavy atom. The molecule has 0 aromatic carbocycles. The standard InChI is InChI=1S/C16H24F6N2O2/c1-3-11-9-23(7-8-26-11)12(4-2)13(25)24-6-5-14(10-24,15(17,18)19)16(20,21)22/h11-12H,3-10H2,1-2H3/t11-,12-/m1/s1. The monoisotopic (exact) mass is 390 g/mol. The number of hydrogen-bond acceptors (Lipinski definition) is 3. The molecule has 2 fully saturated rings. The lowest BCUT2D eigenvalue weighted by molar-refractivity contribution is -0.334. The minimum Gasteiger partial charge on any atom is -0.376 e. The first-order valence-corrected chi connectivity index (χ1v) is 8.74. The molecule has 152 valence electrons. The zero-order valence-corrected chi connectivity index (χ0v) is 14.8. The Labute approximate surface area is 148 Å². The lowest BCUT2D eigenvalue weighted by Gasteiger charge is -2.39. The Morgan fingerprint density at radius 3 is 2.23 bits per heavy atom. The van der Waals surface area contributed by atoms with Crippen LogP contribution in [0.15, 0.2) is 0 Å². The average molecular weight is 390 g/mol. The Hall–Kier alpha value is -1.03. The van der Waals surface area contributed by atoms with Crippen molar-refractivity contribution in [1.82, 2.24) is 9.80 Å². The number of morpholine rings is 1. The van der Waals surface area contributed by atoms with Crippen molar-refractivity contribution in [2.75, 3.05) is 32.8 Å². The number of nitrogens with zero attached hydrogens (tertiary/aromatic N) is 2. The summed E-state index contributed by atoms with van der Waals surface area (Å²) >= 11 is 0. The predicted molar refractivity (Wildman–Crippen MR) is 81.4 cm³/mol. The number of ether oxygens (including phenoxy) is 1. The van der Waals surface area contributed by atoms with E-state index in [4.69, 9.17) is 4.74 Å². The number of hydrogen-bond donors (Lipinski definition) is 0. The summed E-state index contributed by atoms with van der Waals surface area (Å²) in [6.45, 7) is 2.97. The van der Waals surface area contributed by atoms with Crippen molar-refractivity contribution in [1.29, 1.82) is 0 Å². The highest BCUT2D eigenvalue weighted by Gasteiger charge is 2.73. The minimum absolute atomic E-state index is 0.0892. The third-order valence-corrected chi connectivity index (χ3v) is 5.40. The van der Waals surface area contributed by atoms with Gasteiger partial charge in [0, 0.05) is 26.2 Å². The van der Waals surface area contributed by atoms with Gasteiger partial charge in [-0.3, -0.25) is 9.69 Å². The van der Waals surface area contributed by atoms with Crippen LogP contribution in [0.4, 0.5) is 26.3 Å². The highest BCUT2D eigenvalue weighted by molar-refractivity contribution is 5.82. The number of carbonyl (C=O) groups is 1. The van der Waals surface area contributed by atoms with Crippen LogP contribution in [-0.4, -0.2) is 73.0 Å². The molecule has 0 radical (unpaired) electrons. The molecule has 1 amide bonds. The van der Waals surface area contributed by atoms with Crippen molar-refractivity contribution >= 4 is 5.91 Å². The van der Waals surface area contributed by atoms with Crippen molar-refractivity contribution in [3.05, 3.63) is 0 Å². The van der Waals surface area contributed by atoms with Crippen molar-refractivity contribution in [3.63, 3.8) is 0 Å². The maximum Gasteiger partial charge on any atom is 0.404 e. The first-order chi connectivity index (χ1) is 12.0. The fourth-order valence-electron chi connectivity index (χ4n) is 3.69. The van der Waals surface area contributed by atoms with E-state index in [1.807, 2.05) is 6.92 Å². The van der Waals surface area contributed by atoms with Crippen molar-refractivity contribution in [2.45, 2.75) is 57.6 Å². The SMILES string of the molecule is CC[C@@H]1CN([C@H](CC)C(=O)N2CCC(C(F)(F)F)(C(F)(F)F)C2)CCO1. The highest BCUT2D eigenvalue weighted by atomic mass is 19.4. The smallest absolute Gasteiger partial charge is 0.376 e. The van der Waals surface area contributed by atoms with Crippen LogP contribution in [0.25, 0.3) is 0 Å². The van der Waals surface area contributed by atoms with Crippen LogP contribution >= 0.6 is 0 Å². The van der Waals surface area contributed by atoms with E-state index in [0.717, 1.165) is 11.3 Å². The molecule has 2 atom stereocenters. The summed E-state index contributed by atoms with van der Waals surface area (Å²) < 4.78 is 84.7. The molecule has 2 rings (SSSR count). The number of amides is 1. The van der Waals surface area contributed by atoms with Gasteiger partial charge < -0.3 is 9.64 Å². The third-order valence-electron chi connectivity index (χ3n) is 5.40. The van der Waals surface area contributed by atoms with Crippen LogP contribution in [0.1, 0.15) is 33.1 Å². The zero-order valence-electron chi connectivity index (χ0n) is 14.8. The van der Waals surface area contributed by atoms with Crippen molar-refractivity contribution in [3.8, 4) is 0 Å². The van der Waals surface area contributed by atoms with Gasteiger partial charge in [-0.15, -0.1) is 0 Å². The van der Waals surface area contributed by atoms with Crippen LogP contribution in [0.5, 0.6) is 0 Å². The molecule has 2 aliphatic rings. The number of alkyl halides is 6. The normalized spacial score (nSPS) is 26.2. The molecule has 0 bridgehead atoms. The maximum atomic E-state index is 13.2. The largest absolute Gasteiger partial charge is 0.404 e. The topological polar surface area (TPSA) is 32.8 Å². The van der Waals surface area contributed by atoms with Gasteiger partial charge in [-0.1, -0.05) is 13.8 Å². The minimum atomic E-state index is -5.45. The van der Waals surface area contributed by atoms with Crippen LogP contribution in [0.3, 0.4) is 0 Å². The van der Waals surface area contributed by atoms with E-state index in [9.17, 15) is 31.1 Å². The molecule has 0 saturated carbocycles. The number of rotatable bonds is 4. The molecule has 0 aliphatic carbocycles. The second-order valence-electron chi connectivity index (χ2n) is 6.91. The summed E-state index contributed by atoms with van der Waals surface area (Å²) in [4.78, 5) is 15.3. The van der Waals surface area contributed by atoms with E-state index >= 15 is 0 Å². The van der Waals surface area contributed by atoms with E-state index in [0.29, 0.717) is 26.1 Å². The fraction of sp³-hybridized carbons (Fsp3) is 0.938.